The molecular formula is C15H29NO. The lowest BCUT2D eigenvalue weighted by Crippen LogP contribution is -2.51. The molecule has 1 aliphatic heterocycles. The van der Waals surface area contributed by atoms with Gasteiger partial charge in [-0.05, 0) is 43.4 Å². The highest BCUT2D eigenvalue weighted by Gasteiger charge is 2.44. The van der Waals surface area contributed by atoms with Gasteiger partial charge in [0.1, 0.15) is 0 Å². The van der Waals surface area contributed by atoms with E-state index in [-0.39, 0.29) is 0 Å². The minimum atomic E-state index is 0.356. The van der Waals surface area contributed by atoms with Crippen LogP contribution in [0.3, 0.4) is 0 Å². The van der Waals surface area contributed by atoms with Gasteiger partial charge >= 0.3 is 0 Å². The summed E-state index contributed by atoms with van der Waals surface area (Å²) in [5.74, 6) is 0. The first kappa shape index (κ1) is 13.4. The Morgan fingerprint density at radius 3 is 2.41 bits per heavy atom. The fourth-order valence-corrected chi connectivity index (χ4v) is 3.33. The molecule has 1 spiro atoms. The molecular weight excluding hydrogens is 210 g/mol. The third-order valence-electron chi connectivity index (χ3n) is 5.15. The average Bonchev–Trinajstić information content (AvgIpc) is 2.61. The first-order valence-electron chi connectivity index (χ1n) is 7.28. The highest BCUT2D eigenvalue weighted by atomic mass is 16.5. The van der Waals surface area contributed by atoms with Crippen LogP contribution in [-0.2, 0) is 4.74 Å². The largest absolute Gasteiger partial charge is 0.381 e. The molecule has 1 heterocycles. The number of nitrogens with one attached hydrogen (secondary N) is 1. The van der Waals surface area contributed by atoms with E-state index in [4.69, 9.17) is 4.74 Å². The van der Waals surface area contributed by atoms with Gasteiger partial charge in [0.05, 0.1) is 0 Å². The Kier molecular flexibility index (Phi) is 3.84. The Balaban J connectivity index is 1.99. The van der Waals surface area contributed by atoms with Gasteiger partial charge in [0, 0.05) is 25.3 Å². The van der Waals surface area contributed by atoms with E-state index in [9.17, 15) is 0 Å². The fourth-order valence-electron chi connectivity index (χ4n) is 3.33. The van der Waals surface area contributed by atoms with Crippen LogP contribution in [0, 0.1) is 10.8 Å². The summed E-state index contributed by atoms with van der Waals surface area (Å²) in [6, 6.07) is 1.31. The van der Waals surface area contributed by atoms with Crippen LogP contribution in [0.15, 0.2) is 0 Å². The molecule has 1 saturated heterocycles. The minimum absolute atomic E-state index is 0.356. The quantitative estimate of drug-likeness (QED) is 0.798. The molecule has 2 nitrogen and oxygen atoms in total. The summed E-state index contributed by atoms with van der Waals surface area (Å²) in [5, 5.41) is 3.92. The van der Waals surface area contributed by atoms with Crippen LogP contribution in [0.5, 0.6) is 0 Å². The molecule has 2 unspecified atom stereocenters. The van der Waals surface area contributed by atoms with Crippen LogP contribution < -0.4 is 5.32 Å². The Hall–Kier alpha value is -0.0800. The second kappa shape index (κ2) is 4.89. The van der Waals surface area contributed by atoms with Gasteiger partial charge in [-0.3, -0.25) is 0 Å². The molecule has 0 aromatic heterocycles. The van der Waals surface area contributed by atoms with Crippen LogP contribution in [-0.4, -0.2) is 25.3 Å². The van der Waals surface area contributed by atoms with E-state index >= 15 is 0 Å². The monoisotopic (exact) mass is 239 g/mol. The molecule has 0 amide bonds. The molecule has 0 bridgehead atoms. The van der Waals surface area contributed by atoms with Crippen molar-refractivity contribution < 1.29 is 4.74 Å². The summed E-state index contributed by atoms with van der Waals surface area (Å²) in [4.78, 5) is 0. The van der Waals surface area contributed by atoms with Crippen molar-refractivity contribution in [2.24, 2.45) is 10.8 Å². The van der Waals surface area contributed by atoms with Crippen LogP contribution >= 0.6 is 0 Å². The summed E-state index contributed by atoms with van der Waals surface area (Å²) in [5.41, 5.74) is 0.909. The molecule has 0 aromatic carbocycles. The van der Waals surface area contributed by atoms with E-state index in [0.717, 1.165) is 19.3 Å². The van der Waals surface area contributed by atoms with E-state index in [0.29, 0.717) is 16.9 Å². The Morgan fingerprint density at radius 1 is 1.18 bits per heavy atom. The van der Waals surface area contributed by atoms with Gasteiger partial charge in [-0.2, -0.15) is 0 Å². The van der Waals surface area contributed by atoms with Crippen LogP contribution in [0.1, 0.15) is 59.8 Å². The number of rotatable bonds is 2. The minimum Gasteiger partial charge on any atom is -0.381 e. The maximum Gasteiger partial charge on any atom is 0.0471 e. The molecule has 2 fully saturated rings. The van der Waals surface area contributed by atoms with Gasteiger partial charge in [0.2, 0.25) is 0 Å². The van der Waals surface area contributed by atoms with Crippen molar-refractivity contribution in [2.45, 2.75) is 71.9 Å². The van der Waals surface area contributed by atoms with E-state index in [1.807, 2.05) is 0 Å². The zero-order valence-corrected chi connectivity index (χ0v) is 12.0. The summed E-state index contributed by atoms with van der Waals surface area (Å²) in [6.07, 6.45) is 6.70. The molecule has 1 aliphatic carbocycles. The average molecular weight is 239 g/mol. The van der Waals surface area contributed by atoms with Gasteiger partial charge in [0.25, 0.3) is 0 Å². The smallest absolute Gasteiger partial charge is 0.0471 e. The zero-order valence-electron chi connectivity index (χ0n) is 12.0. The van der Waals surface area contributed by atoms with Gasteiger partial charge in [-0.1, -0.05) is 27.2 Å². The summed E-state index contributed by atoms with van der Waals surface area (Å²) < 4.78 is 5.55. The molecule has 1 saturated carbocycles. The molecule has 2 aliphatic rings. The Labute approximate surface area is 107 Å². The predicted octanol–water partition coefficient (Wildman–Crippen LogP) is 3.36. The third-order valence-corrected chi connectivity index (χ3v) is 5.15. The maximum atomic E-state index is 5.55. The lowest BCUT2D eigenvalue weighted by molar-refractivity contribution is 0.000286. The van der Waals surface area contributed by atoms with Crippen LogP contribution in [0.4, 0.5) is 0 Å². The fraction of sp³-hybridized carbons (Fsp3) is 1.00. The van der Waals surface area contributed by atoms with E-state index in [1.54, 1.807) is 0 Å². The number of ether oxygens (including phenoxy) is 1. The number of hydrogen-bond donors (Lipinski definition) is 1. The molecule has 1 N–H and O–H groups in total. The predicted molar refractivity (Wildman–Crippen MR) is 72.2 cm³/mol. The second-order valence-corrected chi connectivity index (χ2v) is 7.17. The molecule has 17 heavy (non-hydrogen) atoms. The van der Waals surface area contributed by atoms with Crippen molar-refractivity contribution >= 4 is 0 Å². The van der Waals surface area contributed by atoms with E-state index in [1.165, 1.54) is 32.1 Å². The topological polar surface area (TPSA) is 21.3 Å². The molecule has 2 heteroatoms. The highest BCUT2D eigenvalue weighted by Crippen LogP contribution is 2.46. The van der Waals surface area contributed by atoms with E-state index < -0.39 is 0 Å². The van der Waals surface area contributed by atoms with Crippen LogP contribution in [0.25, 0.3) is 0 Å². The molecule has 2 rings (SSSR count). The Morgan fingerprint density at radius 2 is 1.82 bits per heavy atom. The zero-order chi connectivity index (χ0) is 12.5. The van der Waals surface area contributed by atoms with Gasteiger partial charge in [-0.15, -0.1) is 0 Å². The van der Waals surface area contributed by atoms with Gasteiger partial charge in [-0.25, -0.2) is 0 Å². The molecule has 100 valence electrons. The lowest BCUT2D eigenvalue weighted by atomic mass is 9.74. The summed E-state index contributed by atoms with van der Waals surface area (Å²) >= 11 is 0. The van der Waals surface area contributed by atoms with Crippen molar-refractivity contribution in [2.75, 3.05) is 13.2 Å². The molecule has 0 radical (unpaired) electrons. The molecule has 0 aromatic rings. The Bertz CT molecular complexity index is 250. The highest BCUT2D eigenvalue weighted by molar-refractivity contribution is 4.99. The van der Waals surface area contributed by atoms with Crippen LogP contribution in [0.2, 0.25) is 0 Å². The van der Waals surface area contributed by atoms with Gasteiger partial charge < -0.3 is 10.1 Å². The standard InChI is InChI=1S/C15H29NO/c1-12(14(2,3)4)16-13-6-5-7-15(13)8-10-17-11-9-15/h12-13,16H,5-11H2,1-4H3. The van der Waals surface area contributed by atoms with Crippen molar-refractivity contribution in [3.63, 3.8) is 0 Å². The summed E-state index contributed by atoms with van der Waals surface area (Å²) in [7, 11) is 0. The number of hydrogen-bond acceptors (Lipinski definition) is 2. The SMILES string of the molecule is CC(NC1CCCC12CCOCC2)C(C)(C)C. The van der Waals surface area contributed by atoms with Crippen molar-refractivity contribution in [1.82, 2.24) is 5.32 Å². The second-order valence-electron chi connectivity index (χ2n) is 7.17. The lowest BCUT2D eigenvalue weighted by Gasteiger charge is -2.42. The normalized spacial score (nSPS) is 30.7. The molecule has 2 atom stereocenters. The first-order chi connectivity index (χ1) is 7.94. The first-order valence-corrected chi connectivity index (χ1v) is 7.28. The third kappa shape index (κ3) is 2.85. The van der Waals surface area contributed by atoms with Gasteiger partial charge in [0.15, 0.2) is 0 Å². The van der Waals surface area contributed by atoms with Crippen molar-refractivity contribution in [3.05, 3.63) is 0 Å². The van der Waals surface area contributed by atoms with Crippen molar-refractivity contribution in [3.8, 4) is 0 Å². The summed E-state index contributed by atoms with van der Waals surface area (Å²) in [6.45, 7) is 11.3. The maximum absolute atomic E-state index is 5.55. The van der Waals surface area contributed by atoms with E-state index in [2.05, 4.69) is 33.0 Å². The van der Waals surface area contributed by atoms with Crippen molar-refractivity contribution in [1.29, 1.82) is 0 Å².